The highest BCUT2D eigenvalue weighted by Crippen LogP contribution is 2.16. The molecule has 0 aromatic heterocycles. The van der Waals surface area contributed by atoms with Gasteiger partial charge in [0.1, 0.15) is 6.04 Å². The first-order valence-corrected chi connectivity index (χ1v) is 8.15. The molecule has 128 valence electrons. The molecule has 3 N–H and O–H groups in total. The smallest absolute Gasteiger partial charge is 0.251 e. The van der Waals surface area contributed by atoms with Crippen LogP contribution in [-0.2, 0) is 11.2 Å². The summed E-state index contributed by atoms with van der Waals surface area (Å²) in [6, 6.07) is 21.2. The van der Waals surface area contributed by atoms with Crippen LogP contribution in [0.25, 0.3) is 10.8 Å². The van der Waals surface area contributed by atoms with Crippen molar-refractivity contribution in [1.29, 1.82) is 5.26 Å². The Labute approximate surface area is 151 Å². The second kappa shape index (κ2) is 7.49. The maximum Gasteiger partial charge on any atom is 0.251 e. The van der Waals surface area contributed by atoms with Gasteiger partial charge in [0.2, 0.25) is 5.91 Å². The molecule has 1 atom stereocenters. The van der Waals surface area contributed by atoms with Crippen molar-refractivity contribution in [2.45, 2.75) is 12.5 Å². The van der Waals surface area contributed by atoms with Crippen molar-refractivity contribution in [3.05, 3.63) is 83.4 Å². The van der Waals surface area contributed by atoms with Gasteiger partial charge in [0.05, 0.1) is 11.6 Å². The van der Waals surface area contributed by atoms with Crippen molar-refractivity contribution in [1.82, 2.24) is 5.32 Å². The van der Waals surface area contributed by atoms with Gasteiger partial charge in [-0.1, -0.05) is 48.5 Å². The first-order chi connectivity index (χ1) is 12.6. The highest BCUT2D eigenvalue weighted by atomic mass is 16.2. The van der Waals surface area contributed by atoms with Gasteiger partial charge < -0.3 is 11.1 Å². The minimum absolute atomic E-state index is 0.165. The van der Waals surface area contributed by atoms with Crippen molar-refractivity contribution in [2.24, 2.45) is 5.73 Å². The van der Waals surface area contributed by atoms with Crippen molar-refractivity contribution in [3.8, 4) is 6.07 Å². The summed E-state index contributed by atoms with van der Waals surface area (Å²) in [6.07, 6.45) is 0.165. The van der Waals surface area contributed by atoms with Gasteiger partial charge in [0.15, 0.2) is 0 Å². The number of nitriles is 1. The quantitative estimate of drug-likeness (QED) is 0.745. The molecule has 2 amide bonds. The van der Waals surface area contributed by atoms with E-state index in [2.05, 4.69) is 11.4 Å². The highest BCUT2D eigenvalue weighted by molar-refractivity contribution is 6.00. The van der Waals surface area contributed by atoms with E-state index in [0.29, 0.717) is 16.7 Å². The number of hydrogen-bond donors (Lipinski definition) is 2. The third kappa shape index (κ3) is 3.70. The summed E-state index contributed by atoms with van der Waals surface area (Å²) in [5.74, 6) is -1.03. The Bertz CT molecular complexity index is 1020. The molecular formula is C21H17N3O2. The summed E-state index contributed by atoms with van der Waals surface area (Å²) in [5.41, 5.74) is 7.03. The molecule has 0 heterocycles. The molecule has 3 rings (SSSR count). The standard InChI is InChI=1S/C21H17N3O2/c22-13-18-8-4-3-7-16(18)12-19(20(23)25)24-21(26)17-10-9-14-5-1-2-6-15(14)11-17/h1-11,19H,12H2,(H2,23,25)(H,24,26)/t19-/m0/s1. The zero-order chi connectivity index (χ0) is 18.5. The number of benzene rings is 3. The van der Waals surface area contributed by atoms with E-state index in [1.54, 1.807) is 36.4 Å². The van der Waals surface area contributed by atoms with Gasteiger partial charge in [-0.05, 0) is 34.5 Å². The Kier molecular flexibility index (Phi) is 4.95. The number of nitrogens with one attached hydrogen (secondary N) is 1. The average Bonchev–Trinajstić information content (AvgIpc) is 2.67. The molecule has 0 fully saturated rings. The first kappa shape index (κ1) is 17.2. The lowest BCUT2D eigenvalue weighted by Crippen LogP contribution is -2.46. The minimum atomic E-state index is -0.900. The second-order valence-electron chi connectivity index (χ2n) is 5.96. The molecule has 26 heavy (non-hydrogen) atoms. The Morgan fingerprint density at radius 2 is 1.69 bits per heavy atom. The highest BCUT2D eigenvalue weighted by Gasteiger charge is 2.20. The van der Waals surface area contributed by atoms with E-state index < -0.39 is 11.9 Å². The zero-order valence-corrected chi connectivity index (χ0v) is 14.0. The van der Waals surface area contributed by atoms with E-state index in [-0.39, 0.29) is 12.3 Å². The number of carbonyl (C=O) groups excluding carboxylic acids is 2. The fourth-order valence-electron chi connectivity index (χ4n) is 2.82. The van der Waals surface area contributed by atoms with Gasteiger partial charge in [-0.3, -0.25) is 9.59 Å². The predicted octanol–water partition coefficient (Wildman–Crippen LogP) is 2.54. The molecule has 5 heteroatoms. The summed E-state index contributed by atoms with van der Waals surface area (Å²) in [5, 5.41) is 13.8. The van der Waals surface area contributed by atoms with Crippen molar-refractivity contribution in [2.75, 3.05) is 0 Å². The zero-order valence-electron chi connectivity index (χ0n) is 14.0. The number of fused-ring (bicyclic) bond motifs is 1. The van der Waals surface area contributed by atoms with Gasteiger partial charge in [0, 0.05) is 12.0 Å². The SMILES string of the molecule is N#Cc1ccccc1C[C@H](NC(=O)c1ccc2ccccc2c1)C(N)=O. The van der Waals surface area contributed by atoms with Gasteiger partial charge in [-0.2, -0.15) is 5.26 Å². The first-order valence-electron chi connectivity index (χ1n) is 8.15. The Hall–Kier alpha value is -3.65. The van der Waals surface area contributed by atoms with E-state index in [0.717, 1.165) is 10.8 Å². The molecule has 0 bridgehead atoms. The third-order valence-electron chi connectivity index (χ3n) is 4.22. The molecule has 5 nitrogen and oxygen atoms in total. The fraction of sp³-hybridized carbons (Fsp3) is 0.0952. The van der Waals surface area contributed by atoms with E-state index in [4.69, 9.17) is 5.73 Å². The molecule has 0 unspecified atom stereocenters. The van der Waals surface area contributed by atoms with Crippen molar-refractivity contribution >= 4 is 22.6 Å². The number of primary amides is 1. The number of amides is 2. The molecule has 0 saturated heterocycles. The Morgan fingerprint density at radius 1 is 1.00 bits per heavy atom. The number of nitrogens with two attached hydrogens (primary N) is 1. The van der Waals surface area contributed by atoms with Crippen LogP contribution >= 0.6 is 0 Å². The van der Waals surface area contributed by atoms with Gasteiger partial charge in [-0.25, -0.2) is 0 Å². The lowest BCUT2D eigenvalue weighted by atomic mass is 10.00. The number of hydrogen-bond acceptors (Lipinski definition) is 3. The fourth-order valence-corrected chi connectivity index (χ4v) is 2.82. The lowest BCUT2D eigenvalue weighted by molar-refractivity contribution is -0.119. The normalized spacial score (nSPS) is 11.5. The van der Waals surface area contributed by atoms with Gasteiger partial charge >= 0.3 is 0 Å². The van der Waals surface area contributed by atoms with Crippen molar-refractivity contribution < 1.29 is 9.59 Å². The summed E-state index contributed by atoms with van der Waals surface area (Å²) >= 11 is 0. The summed E-state index contributed by atoms with van der Waals surface area (Å²) < 4.78 is 0. The van der Waals surface area contributed by atoms with E-state index >= 15 is 0 Å². The molecule has 0 aliphatic heterocycles. The number of carbonyl (C=O) groups is 2. The van der Waals surface area contributed by atoms with Crippen LogP contribution in [-0.4, -0.2) is 17.9 Å². The summed E-state index contributed by atoms with van der Waals surface area (Å²) in [7, 11) is 0. The molecule has 3 aromatic rings. The topological polar surface area (TPSA) is 96.0 Å². The predicted molar refractivity (Wildman–Crippen MR) is 99.3 cm³/mol. The van der Waals surface area contributed by atoms with E-state index in [1.165, 1.54) is 0 Å². The maximum atomic E-state index is 12.6. The Balaban J connectivity index is 1.82. The maximum absolute atomic E-state index is 12.6. The van der Waals surface area contributed by atoms with Crippen LogP contribution in [0.1, 0.15) is 21.5 Å². The van der Waals surface area contributed by atoms with Crippen LogP contribution in [0.5, 0.6) is 0 Å². The van der Waals surface area contributed by atoms with Crippen LogP contribution in [0.3, 0.4) is 0 Å². The molecule has 0 aliphatic carbocycles. The minimum Gasteiger partial charge on any atom is -0.368 e. The van der Waals surface area contributed by atoms with Gasteiger partial charge in [-0.15, -0.1) is 0 Å². The number of rotatable bonds is 5. The molecule has 0 aliphatic rings. The Morgan fingerprint density at radius 3 is 2.42 bits per heavy atom. The molecule has 0 saturated carbocycles. The van der Waals surface area contributed by atoms with E-state index in [1.807, 2.05) is 30.3 Å². The molecule has 3 aromatic carbocycles. The summed E-state index contributed by atoms with van der Waals surface area (Å²) in [4.78, 5) is 24.4. The largest absolute Gasteiger partial charge is 0.368 e. The van der Waals surface area contributed by atoms with Gasteiger partial charge in [0.25, 0.3) is 5.91 Å². The monoisotopic (exact) mass is 343 g/mol. The van der Waals surface area contributed by atoms with Crippen molar-refractivity contribution in [3.63, 3.8) is 0 Å². The van der Waals surface area contributed by atoms with Crippen LogP contribution in [0, 0.1) is 11.3 Å². The molecule has 0 radical (unpaired) electrons. The van der Waals surface area contributed by atoms with E-state index in [9.17, 15) is 14.9 Å². The number of nitrogens with zero attached hydrogens (tertiary/aromatic N) is 1. The lowest BCUT2D eigenvalue weighted by Gasteiger charge is -2.16. The van der Waals surface area contributed by atoms with Crippen LogP contribution in [0.2, 0.25) is 0 Å². The average molecular weight is 343 g/mol. The molecular weight excluding hydrogens is 326 g/mol. The molecule has 0 spiro atoms. The van der Waals surface area contributed by atoms with Crippen LogP contribution in [0.4, 0.5) is 0 Å². The third-order valence-corrected chi connectivity index (χ3v) is 4.22. The second-order valence-corrected chi connectivity index (χ2v) is 5.96. The summed E-state index contributed by atoms with van der Waals surface area (Å²) in [6.45, 7) is 0. The van der Waals surface area contributed by atoms with Crippen LogP contribution < -0.4 is 11.1 Å². The van der Waals surface area contributed by atoms with Crippen LogP contribution in [0.15, 0.2) is 66.7 Å².